The van der Waals surface area contributed by atoms with Gasteiger partial charge in [0.1, 0.15) is 0 Å². The van der Waals surface area contributed by atoms with Crippen molar-refractivity contribution >= 4 is 16.5 Å². The van der Waals surface area contributed by atoms with Gasteiger partial charge in [0, 0.05) is 0 Å². The molecular formula is C19H15F27GeO3. The van der Waals surface area contributed by atoms with Crippen LogP contribution in [0.4, 0.5) is 119 Å². The van der Waals surface area contributed by atoms with Crippen LogP contribution in [-0.4, -0.2) is 132 Å². The van der Waals surface area contributed by atoms with Crippen molar-refractivity contribution < 1.29 is 133 Å². The van der Waals surface area contributed by atoms with Gasteiger partial charge in [-0.1, -0.05) is 0 Å². The van der Waals surface area contributed by atoms with Crippen molar-refractivity contribution in [3.05, 3.63) is 0 Å². The Morgan fingerprint density at radius 1 is 0.300 bits per heavy atom. The normalized spacial score (nSPS) is 21.5. The summed E-state index contributed by atoms with van der Waals surface area (Å²) in [6, 6.07) is 0. The third-order valence-electron chi connectivity index (χ3n) is 5.62. The molecule has 0 aliphatic rings. The molecule has 0 N–H and O–H groups in total. The Bertz CT molecular complexity index is 937. The van der Waals surface area contributed by atoms with E-state index in [0.29, 0.717) is 0 Å². The Labute approximate surface area is 265 Å². The molecule has 302 valence electrons. The molecule has 0 fully saturated rings. The maximum atomic E-state index is 14.3. The van der Waals surface area contributed by atoms with E-state index in [1.807, 2.05) is 0 Å². The van der Waals surface area contributed by atoms with Crippen molar-refractivity contribution in [3.8, 4) is 0 Å². The molecule has 0 saturated heterocycles. The molecule has 0 aromatic heterocycles. The topological polar surface area (TPSA) is 27.7 Å². The number of hydrogen-bond acceptors (Lipinski definition) is 3. The van der Waals surface area contributed by atoms with Gasteiger partial charge in [0.2, 0.25) is 0 Å². The molecule has 0 saturated carbocycles. The first-order chi connectivity index (χ1) is 21.9. The van der Waals surface area contributed by atoms with E-state index < -0.39 is 132 Å². The van der Waals surface area contributed by atoms with Crippen LogP contribution in [0.3, 0.4) is 0 Å². The second-order valence-electron chi connectivity index (χ2n) is 9.46. The van der Waals surface area contributed by atoms with Crippen LogP contribution in [0, 0.1) is 0 Å². The van der Waals surface area contributed by atoms with Crippen LogP contribution in [0.5, 0.6) is 0 Å². The molecule has 0 amide bonds. The molecule has 0 aliphatic heterocycles. The Morgan fingerprint density at radius 2 is 0.460 bits per heavy atom. The van der Waals surface area contributed by atoms with Crippen LogP contribution >= 0.6 is 0 Å². The Morgan fingerprint density at radius 3 is 0.600 bits per heavy atom. The first-order valence-electron chi connectivity index (χ1n) is 11.9. The summed E-state index contributed by atoms with van der Waals surface area (Å²) < 4.78 is 370. The van der Waals surface area contributed by atoms with Gasteiger partial charge in [-0.2, -0.15) is 0 Å². The number of ether oxygens (including phenoxy) is 3. The molecule has 0 rings (SSSR count). The van der Waals surface area contributed by atoms with Gasteiger partial charge in [-0.3, -0.25) is 0 Å². The zero-order valence-corrected chi connectivity index (χ0v) is 27.1. The molecule has 50 heavy (non-hydrogen) atoms. The van der Waals surface area contributed by atoms with E-state index in [1.54, 1.807) is 0 Å². The molecular weight excluding hydrogens is 862 g/mol. The molecule has 0 aromatic carbocycles. The summed E-state index contributed by atoms with van der Waals surface area (Å²) in [6.45, 7) is 0. The average molecular weight is 877 g/mol. The van der Waals surface area contributed by atoms with E-state index in [9.17, 15) is 119 Å². The standard InChI is InChI=1S/C19H15F27GeO3/c20-1(4(23)10(29)30)7(26)13(35,36)16(41,42)48-19(47,49-17(43,44)14(37,38)8(27)2(21)5(24)11(31)32)50-18(45,46)15(39,40)9(28)3(22)6(25)12(33)34/h1-12H,47H3. The molecule has 0 bridgehead atoms. The van der Waals surface area contributed by atoms with Crippen LogP contribution in [0.2, 0.25) is 0 Å². The van der Waals surface area contributed by atoms with Gasteiger partial charge in [-0.15, -0.1) is 0 Å². The Balaban J connectivity index is 7.27. The third-order valence-corrected chi connectivity index (χ3v) is 6.90. The first-order valence-corrected chi connectivity index (χ1v) is 14.0. The van der Waals surface area contributed by atoms with Crippen LogP contribution in [0.1, 0.15) is 0 Å². The summed E-state index contributed by atoms with van der Waals surface area (Å²) in [5.74, 6) is -22.5. The number of alkyl halides is 27. The summed E-state index contributed by atoms with van der Waals surface area (Å²) in [4.78, 5) is -6.41. The Hall–Kier alpha value is -1.47. The van der Waals surface area contributed by atoms with E-state index in [-0.39, 0.29) is 0 Å². The molecule has 31 heteroatoms. The molecule has 3 nitrogen and oxygen atoms in total. The summed E-state index contributed by atoms with van der Waals surface area (Å²) in [5.41, 5.74) is 0. The fraction of sp³-hybridized carbons (Fsp3) is 1.00. The Kier molecular flexibility index (Phi) is 15.8. The van der Waals surface area contributed by atoms with Gasteiger partial charge >= 0.3 is 265 Å². The van der Waals surface area contributed by atoms with E-state index in [0.717, 1.165) is 0 Å². The monoisotopic (exact) mass is 878 g/mol. The van der Waals surface area contributed by atoms with Crippen LogP contribution in [0.25, 0.3) is 0 Å². The number of halogens is 27. The number of hydrogen-bond donors (Lipinski definition) is 0. The van der Waals surface area contributed by atoms with Crippen LogP contribution in [-0.2, 0) is 14.2 Å². The van der Waals surface area contributed by atoms with Gasteiger partial charge in [0.15, 0.2) is 0 Å². The quantitative estimate of drug-likeness (QED) is 0.0679. The predicted molar refractivity (Wildman–Crippen MR) is 108 cm³/mol. The first kappa shape index (κ1) is 48.5. The van der Waals surface area contributed by atoms with Crippen molar-refractivity contribution in [2.75, 3.05) is 0 Å². The van der Waals surface area contributed by atoms with Crippen molar-refractivity contribution in [3.63, 3.8) is 0 Å². The average Bonchev–Trinajstić information content (AvgIpc) is 2.95. The molecule has 0 radical (unpaired) electrons. The van der Waals surface area contributed by atoms with Crippen LogP contribution in [0.15, 0.2) is 0 Å². The summed E-state index contributed by atoms with van der Waals surface area (Å²) in [7, 11) is 0. The van der Waals surface area contributed by atoms with E-state index >= 15 is 0 Å². The zero-order chi connectivity index (χ0) is 40.5. The van der Waals surface area contributed by atoms with E-state index in [2.05, 4.69) is 14.2 Å². The minimum atomic E-state index is -7.69. The van der Waals surface area contributed by atoms with E-state index in [1.165, 1.54) is 0 Å². The fourth-order valence-electron chi connectivity index (χ4n) is 2.95. The van der Waals surface area contributed by atoms with Crippen molar-refractivity contribution in [2.24, 2.45) is 0 Å². The van der Waals surface area contributed by atoms with Gasteiger partial charge in [0.05, 0.1) is 0 Å². The van der Waals surface area contributed by atoms with Crippen molar-refractivity contribution in [1.82, 2.24) is 0 Å². The summed E-state index contributed by atoms with van der Waals surface area (Å²) in [5, 5.41) is 0. The number of rotatable bonds is 21. The molecule has 9 atom stereocenters. The maximum absolute atomic E-state index is 14.3. The molecule has 9 unspecified atom stereocenters. The molecule has 0 aliphatic carbocycles. The third kappa shape index (κ3) is 10.1. The summed E-state index contributed by atoms with van der Waals surface area (Å²) >= 11 is -3.65. The van der Waals surface area contributed by atoms with Crippen molar-refractivity contribution in [2.45, 2.75) is 116 Å². The molecule has 0 heterocycles. The van der Waals surface area contributed by atoms with Crippen molar-refractivity contribution in [1.29, 1.82) is 0 Å². The fourth-order valence-corrected chi connectivity index (χ4v) is 4.56. The minimum absolute atomic E-state index is 2.31. The van der Waals surface area contributed by atoms with E-state index in [4.69, 9.17) is 0 Å². The summed E-state index contributed by atoms with van der Waals surface area (Å²) in [6.07, 6.45) is -85.1. The van der Waals surface area contributed by atoms with Crippen LogP contribution < -0.4 is 0 Å². The molecule has 0 spiro atoms. The van der Waals surface area contributed by atoms with Gasteiger partial charge in [-0.25, -0.2) is 0 Å². The second kappa shape index (κ2) is 16.3. The second-order valence-corrected chi connectivity index (χ2v) is 12.0. The van der Waals surface area contributed by atoms with Gasteiger partial charge < -0.3 is 0 Å². The SMILES string of the molecule is FC(F)C(F)C(F)C(F)C(F)(F)C(F)(F)O[C]([GeH3])(OC(F)(F)C(F)(F)C(F)C(F)C(F)C(F)F)OC(F)(F)C(F)(F)C(F)C(F)C(F)C(F)F. The predicted octanol–water partition coefficient (Wildman–Crippen LogP) is 7.54. The van der Waals surface area contributed by atoms with Gasteiger partial charge in [0.25, 0.3) is 0 Å². The molecule has 0 aromatic rings. The zero-order valence-electron chi connectivity index (χ0n) is 22.9. The van der Waals surface area contributed by atoms with Gasteiger partial charge in [-0.05, 0) is 0 Å².